The lowest BCUT2D eigenvalue weighted by atomic mass is 10.1. The van der Waals surface area contributed by atoms with E-state index >= 15 is 0 Å². The van der Waals surface area contributed by atoms with Gasteiger partial charge in [0.25, 0.3) is 5.91 Å². The van der Waals surface area contributed by atoms with Gasteiger partial charge < -0.3 is 14.4 Å². The Hall–Kier alpha value is -2.60. The molecule has 1 aromatic heterocycles. The van der Waals surface area contributed by atoms with Crippen molar-refractivity contribution >= 4 is 34.7 Å². The number of rotatable bonds is 3. The van der Waals surface area contributed by atoms with Gasteiger partial charge in [-0.05, 0) is 23.1 Å². The van der Waals surface area contributed by atoms with Crippen LogP contribution >= 0.6 is 11.3 Å². The maximum Gasteiger partial charge on any atom is 0.260 e. The SMILES string of the molecule is COc1cc2c(cc1OC)C(=O)N1C=C(c3cccs3)C[C@H]1C=N2. The number of hydrogen-bond donors (Lipinski definition) is 0. The Balaban J connectivity index is 1.76. The van der Waals surface area contributed by atoms with Gasteiger partial charge >= 0.3 is 0 Å². The Bertz CT molecular complexity index is 855. The highest BCUT2D eigenvalue weighted by atomic mass is 32.1. The maximum atomic E-state index is 13.0. The van der Waals surface area contributed by atoms with E-state index in [0.29, 0.717) is 22.7 Å². The summed E-state index contributed by atoms with van der Waals surface area (Å²) in [5.41, 5.74) is 2.30. The molecule has 0 radical (unpaired) electrons. The monoisotopic (exact) mass is 340 g/mol. The molecule has 0 aliphatic carbocycles. The number of carbonyl (C=O) groups is 1. The van der Waals surface area contributed by atoms with Crippen LogP contribution in [0.5, 0.6) is 11.5 Å². The first-order valence-corrected chi connectivity index (χ1v) is 8.46. The molecule has 0 bridgehead atoms. The number of aliphatic imine (C=N–C) groups is 1. The molecule has 0 spiro atoms. The van der Waals surface area contributed by atoms with Crippen molar-refractivity contribution in [2.24, 2.45) is 4.99 Å². The molecule has 2 aliphatic rings. The Morgan fingerprint density at radius 2 is 2.04 bits per heavy atom. The van der Waals surface area contributed by atoms with Crippen molar-refractivity contribution in [3.8, 4) is 11.5 Å². The average Bonchev–Trinajstić information content (AvgIpc) is 3.25. The molecule has 122 valence electrons. The quantitative estimate of drug-likeness (QED) is 0.855. The van der Waals surface area contributed by atoms with Gasteiger partial charge in [-0.25, -0.2) is 0 Å². The first kappa shape index (κ1) is 15.0. The van der Waals surface area contributed by atoms with Crippen molar-refractivity contribution in [2.75, 3.05) is 14.2 Å². The van der Waals surface area contributed by atoms with Gasteiger partial charge in [-0.2, -0.15) is 0 Å². The minimum Gasteiger partial charge on any atom is -0.493 e. The molecule has 0 saturated heterocycles. The summed E-state index contributed by atoms with van der Waals surface area (Å²) in [4.78, 5) is 20.5. The summed E-state index contributed by atoms with van der Waals surface area (Å²) >= 11 is 1.68. The number of amides is 1. The lowest BCUT2D eigenvalue weighted by Gasteiger charge is -2.18. The topological polar surface area (TPSA) is 51.1 Å². The molecule has 6 heteroatoms. The molecule has 4 rings (SSSR count). The van der Waals surface area contributed by atoms with Crippen molar-refractivity contribution in [3.63, 3.8) is 0 Å². The molecule has 24 heavy (non-hydrogen) atoms. The van der Waals surface area contributed by atoms with Crippen LogP contribution in [0.25, 0.3) is 5.57 Å². The van der Waals surface area contributed by atoms with Crippen LogP contribution in [-0.4, -0.2) is 37.3 Å². The van der Waals surface area contributed by atoms with Crippen LogP contribution in [0.3, 0.4) is 0 Å². The number of ether oxygens (including phenoxy) is 2. The van der Waals surface area contributed by atoms with E-state index in [1.54, 1.807) is 42.6 Å². The number of benzene rings is 1. The second kappa shape index (κ2) is 5.79. The molecule has 5 nitrogen and oxygen atoms in total. The normalized spacial score (nSPS) is 18.8. The number of nitrogens with zero attached hydrogens (tertiary/aromatic N) is 2. The fraction of sp³-hybridized carbons (Fsp3) is 0.222. The van der Waals surface area contributed by atoms with Crippen molar-refractivity contribution in [2.45, 2.75) is 12.5 Å². The molecule has 3 heterocycles. The van der Waals surface area contributed by atoms with Crippen LogP contribution < -0.4 is 9.47 Å². The van der Waals surface area contributed by atoms with Crippen LogP contribution in [0, 0.1) is 0 Å². The zero-order valence-electron chi connectivity index (χ0n) is 13.4. The first-order valence-electron chi connectivity index (χ1n) is 7.58. The highest BCUT2D eigenvalue weighted by molar-refractivity contribution is 7.11. The van der Waals surface area contributed by atoms with Gasteiger partial charge in [-0.1, -0.05) is 6.07 Å². The summed E-state index contributed by atoms with van der Waals surface area (Å²) in [6.07, 6.45) is 4.56. The summed E-state index contributed by atoms with van der Waals surface area (Å²) in [5.74, 6) is 1.03. The van der Waals surface area contributed by atoms with E-state index in [2.05, 4.69) is 11.1 Å². The highest BCUT2D eigenvalue weighted by Crippen LogP contribution is 2.39. The molecule has 0 saturated carbocycles. The number of methoxy groups -OCH3 is 2. The lowest BCUT2D eigenvalue weighted by molar-refractivity contribution is 0.0817. The maximum absolute atomic E-state index is 13.0. The Kier molecular flexibility index (Phi) is 3.61. The van der Waals surface area contributed by atoms with E-state index in [0.717, 1.165) is 6.42 Å². The fourth-order valence-corrected chi connectivity index (χ4v) is 3.80. The minimum absolute atomic E-state index is 0.0565. The van der Waals surface area contributed by atoms with Crippen molar-refractivity contribution < 1.29 is 14.3 Å². The van der Waals surface area contributed by atoms with Crippen molar-refractivity contribution in [1.82, 2.24) is 4.90 Å². The molecular weight excluding hydrogens is 324 g/mol. The van der Waals surface area contributed by atoms with Crippen LogP contribution in [0.15, 0.2) is 40.8 Å². The molecule has 0 unspecified atom stereocenters. The number of fused-ring (bicyclic) bond motifs is 2. The van der Waals surface area contributed by atoms with Gasteiger partial charge in [0.15, 0.2) is 11.5 Å². The van der Waals surface area contributed by atoms with Gasteiger partial charge in [-0.3, -0.25) is 9.79 Å². The third-order valence-electron chi connectivity index (χ3n) is 4.27. The predicted molar refractivity (Wildman–Crippen MR) is 94.6 cm³/mol. The molecule has 2 aliphatic heterocycles. The number of hydrogen-bond acceptors (Lipinski definition) is 5. The summed E-state index contributed by atoms with van der Waals surface area (Å²) in [5, 5.41) is 2.04. The second-order valence-electron chi connectivity index (χ2n) is 5.62. The summed E-state index contributed by atoms with van der Waals surface area (Å²) < 4.78 is 10.6. The average molecular weight is 340 g/mol. The third kappa shape index (κ3) is 2.30. The van der Waals surface area contributed by atoms with Gasteiger partial charge in [-0.15, -0.1) is 11.3 Å². The van der Waals surface area contributed by atoms with E-state index in [-0.39, 0.29) is 11.9 Å². The molecule has 1 aromatic carbocycles. The number of thiophene rings is 1. The summed E-state index contributed by atoms with van der Waals surface area (Å²) in [7, 11) is 3.13. The zero-order valence-corrected chi connectivity index (χ0v) is 14.2. The smallest absolute Gasteiger partial charge is 0.260 e. The van der Waals surface area contributed by atoms with Crippen LogP contribution in [0.2, 0.25) is 0 Å². The van der Waals surface area contributed by atoms with E-state index in [1.807, 2.05) is 23.9 Å². The Morgan fingerprint density at radius 3 is 2.75 bits per heavy atom. The van der Waals surface area contributed by atoms with Crippen LogP contribution in [0.1, 0.15) is 21.7 Å². The zero-order chi connectivity index (χ0) is 16.7. The van der Waals surface area contributed by atoms with E-state index < -0.39 is 0 Å². The Morgan fingerprint density at radius 1 is 1.25 bits per heavy atom. The largest absolute Gasteiger partial charge is 0.493 e. The van der Waals surface area contributed by atoms with E-state index in [1.165, 1.54) is 10.5 Å². The molecule has 1 amide bonds. The van der Waals surface area contributed by atoms with Gasteiger partial charge in [0, 0.05) is 29.8 Å². The summed E-state index contributed by atoms with van der Waals surface area (Å²) in [6.45, 7) is 0. The molecular formula is C18H16N2O3S. The van der Waals surface area contributed by atoms with E-state index in [9.17, 15) is 4.79 Å². The molecule has 0 N–H and O–H groups in total. The second-order valence-corrected chi connectivity index (χ2v) is 6.57. The fourth-order valence-electron chi connectivity index (χ4n) is 3.05. The first-order chi connectivity index (χ1) is 11.7. The van der Waals surface area contributed by atoms with Crippen LogP contribution in [0.4, 0.5) is 5.69 Å². The molecule has 1 atom stereocenters. The standard InChI is InChI=1S/C18H16N2O3S/c1-22-15-7-13-14(8-16(15)23-2)19-9-12-6-11(10-20(12)18(13)21)17-4-3-5-24-17/h3-5,7-10,12H,6H2,1-2H3/t12-/m0/s1. The minimum atomic E-state index is -0.0694. The third-order valence-corrected chi connectivity index (χ3v) is 5.22. The van der Waals surface area contributed by atoms with Gasteiger partial charge in [0.2, 0.25) is 0 Å². The van der Waals surface area contributed by atoms with Crippen molar-refractivity contribution in [1.29, 1.82) is 0 Å². The summed E-state index contributed by atoms with van der Waals surface area (Å²) in [6, 6.07) is 7.49. The van der Waals surface area contributed by atoms with Gasteiger partial charge in [0.05, 0.1) is 31.5 Å². The van der Waals surface area contributed by atoms with Crippen molar-refractivity contribution in [3.05, 3.63) is 46.3 Å². The lowest BCUT2D eigenvalue weighted by Crippen LogP contribution is -2.32. The van der Waals surface area contributed by atoms with Crippen LogP contribution in [-0.2, 0) is 0 Å². The Labute approximate surface area is 143 Å². The predicted octanol–water partition coefficient (Wildman–Crippen LogP) is 3.74. The highest BCUT2D eigenvalue weighted by Gasteiger charge is 2.33. The number of carbonyl (C=O) groups excluding carboxylic acids is 1. The van der Waals surface area contributed by atoms with E-state index in [4.69, 9.17) is 9.47 Å². The molecule has 2 aromatic rings. The van der Waals surface area contributed by atoms with Gasteiger partial charge in [0.1, 0.15) is 0 Å². The molecule has 0 fully saturated rings.